The Morgan fingerprint density at radius 2 is 2.20 bits per heavy atom. The van der Waals surface area contributed by atoms with Crippen molar-refractivity contribution in [1.82, 2.24) is 0 Å². The quantitative estimate of drug-likeness (QED) is 0.512. The number of ether oxygens (including phenoxy) is 1. The highest BCUT2D eigenvalue weighted by Gasteiger charge is 2.01. The van der Waals surface area contributed by atoms with Gasteiger partial charge in [-0.2, -0.15) is 0 Å². The van der Waals surface area contributed by atoms with Crippen molar-refractivity contribution in [2.45, 2.75) is 24.8 Å². The summed E-state index contributed by atoms with van der Waals surface area (Å²) in [4.78, 5) is 1.11. The molecule has 0 saturated heterocycles. The van der Waals surface area contributed by atoms with Crippen LogP contribution in [0, 0.1) is 0 Å². The molecule has 1 aromatic rings. The molecule has 2 nitrogen and oxygen atoms in total. The normalized spacial score (nSPS) is 10.9. The van der Waals surface area contributed by atoms with Crippen LogP contribution in [0.3, 0.4) is 0 Å². The summed E-state index contributed by atoms with van der Waals surface area (Å²) in [5.41, 5.74) is 6.68. The van der Waals surface area contributed by atoms with Gasteiger partial charge in [-0.05, 0) is 32.0 Å². The summed E-state index contributed by atoms with van der Waals surface area (Å²) in [7, 11) is 0. The zero-order valence-corrected chi connectivity index (χ0v) is 11.4. The molecule has 0 aliphatic heterocycles. The van der Waals surface area contributed by atoms with E-state index in [4.69, 9.17) is 10.5 Å². The second-order valence-electron chi connectivity index (χ2n) is 3.45. The van der Waals surface area contributed by atoms with Crippen LogP contribution < -0.4 is 5.73 Å². The number of benzene rings is 1. The van der Waals surface area contributed by atoms with Crippen LogP contribution in [-0.4, -0.2) is 18.5 Å². The Bertz CT molecular complexity index is 317. The van der Waals surface area contributed by atoms with Crippen LogP contribution in [0.5, 0.6) is 0 Å². The average molecular weight is 290 g/mol. The van der Waals surface area contributed by atoms with E-state index >= 15 is 0 Å². The monoisotopic (exact) mass is 289 g/mol. The molecule has 0 aliphatic rings. The van der Waals surface area contributed by atoms with Gasteiger partial charge in [-0.25, -0.2) is 0 Å². The third kappa shape index (κ3) is 4.91. The maximum Gasteiger partial charge on any atom is 0.0563 e. The summed E-state index contributed by atoms with van der Waals surface area (Å²) < 4.78 is 6.52. The highest BCUT2D eigenvalue weighted by molar-refractivity contribution is 9.10. The highest BCUT2D eigenvalue weighted by atomic mass is 79.9. The van der Waals surface area contributed by atoms with Crippen LogP contribution >= 0.6 is 27.7 Å². The van der Waals surface area contributed by atoms with Crippen molar-refractivity contribution >= 4 is 33.4 Å². The fraction of sp³-hybridized carbons (Fsp3) is 0.455. The summed E-state index contributed by atoms with van der Waals surface area (Å²) in [5, 5.41) is 0. The molecule has 0 aliphatic carbocycles. The molecule has 0 radical (unpaired) electrons. The standard InChI is InChI=1S/C11H16BrNOS/c1-8(2)14-5-6-15-11-7-9(12)3-4-10(11)13/h3-4,7-8H,5-6,13H2,1-2H3. The maximum atomic E-state index is 5.85. The van der Waals surface area contributed by atoms with Gasteiger partial charge < -0.3 is 10.5 Å². The van der Waals surface area contributed by atoms with Crippen LogP contribution in [0.15, 0.2) is 27.6 Å². The molecule has 0 bridgehead atoms. The second kappa shape index (κ2) is 6.40. The average Bonchev–Trinajstić information content (AvgIpc) is 2.17. The van der Waals surface area contributed by atoms with Gasteiger partial charge in [0.25, 0.3) is 0 Å². The molecule has 0 amide bonds. The SMILES string of the molecule is CC(C)OCCSc1cc(Br)ccc1N. The molecule has 0 spiro atoms. The maximum absolute atomic E-state index is 5.85. The number of hydrogen-bond acceptors (Lipinski definition) is 3. The van der Waals surface area contributed by atoms with Crippen molar-refractivity contribution in [2.24, 2.45) is 0 Å². The summed E-state index contributed by atoms with van der Waals surface area (Å²) >= 11 is 5.15. The Balaban J connectivity index is 2.40. The number of thioether (sulfide) groups is 1. The Kier molecular flexibility index (Phi) is 5.50. The third-order valence-electron chi connectivity index (χ3n) is 1.77. The predicted molar refractivity (Wildman–Crippen MR) is 70.4 cm³/mol. The molecule has 2 N–H and O–H groups in total. The Morgan fingerprint density at radius 3 is 2.87 bits per heavy atom. The van der Waals surface area contributed by atoms with Crippen molar-refractivity contribution in [3.8, 4) is 0 Å². The lowest BCUT2D eigenvalue weighted by atomic mass is 10.3. The first-order valence-corrected chi connectivity index (χ1v) is 6.67. The van der Waals surface area contributed by atoms with Crippen LogP contribution in [-0.2, 0) is 4.74 Å². The predicted octanol–water partition coefficient (Wildman–Crippen LogP) is 3.55. The molecule has 84 valence electrons. The smallest absolute Gasteiger partial charge is 0.0563 e. The molecule has 4 heteroatoms. The van der Waals surface area contributed by atoms with E-state index in [0.717, 1.165) is 27.4 Å². The van der Waals surface area contributed by atoms with E-state index in [-0.39, 0.29) is 0 Å². The van der Waals surface area contributed by atoms with E-state index in [1.54, 1.807) is 11.8 Å². The van der Waals surface area contributed by atoms with Gasteiger partial charge >= 0.3 is 0 Å². The van der Waals surface area contributed by atoms with Crippen molar-refractivity contribution < 1.29 is 4.74 Å². The minimum atomic E-state index is 0.297. The highest BCUT2D eigenvalue weighted by Crippen LogP contribution is 2.27. The molecule has 0 heterocycles. The van der Waals surface area contributed by atoms with E-state index in [1.807, 2.05) is 32.0 Å². The first-order valence-electron chi connectivity index (χ1n) is 4.89. The number of hydrogen-bond donors (Lipinski definition) is 1. The van der Waals surface area contributed by atoms with E-state index in [2.05, 4.69) is 15.9 Å². The summed E-state index contributed by atoms with van der Waals surface area (Å²) in [5.74, 6) is 0.929. The summed E-state index contributed by atoms with van der Waals surface area (Å²) in [6.45, 7) is 4.84. The number of rotatable bonds is 5. The fourth-order valence-electron chi connectivity index (χ4n) is 1.07. The molecule has 0 fully saturated rings. The van der Waals surface area contributed by atoms with Crippen molar-refractivity contribution in [1.29, 1.82) is 0 Å². The molecule has 0 atom stereocenters. The van der Waals surface area contributed by atoms with Crippen molar-refractivity contribution in [2.75, 3.05) is 18.1 Å². The minimum Gasteiger partial charge on any atom is -0.398 e. The lowest BCUT2D eigenvalue weighted by Crippen LogP contribution is -2.05. The van der Waals surface area contributed by atoms with Crippen LogP contribution in [0.25, 0.3) is 0 Å². The minimum absolute atomic E-state index is 0.297. The first-order chi connectivity index (χ1) is 7.09. The van der Waals surface area contributed by atoms with Gasteiger partial charge in [0.2, 0.25) is 0 Å². The van der Waals surface area contributed by atoms with Gasteiger partial charge in [-0.1, -0.05) is 15.9 Å². The lowest BCUT2D eigenvalue weighted by Gasteiger charge is -2.08. The van der Waals surface area contributed by atoms with E-state index < -0.39 is 0 Å². The largest absolute Gasteiger partial charge is 0.398 e. The summed E-state index contributed by atoms with van der Waals surface area (Å²) in [6.07, 6.45) is 0.297. The molecule has 1 rings (SSSR count). The number of anilines is 1. The van der Waals surface area contributed by atoms with Crippen LogP contribution in [0.1, 0.15) is 13.8 Å². The molecular weight excluding hydrogens is 274 g/mol. The molecule has 0 saturated carbocycles. The van der Waals surface area contributed by atoms with Gasteiger partial charge in [0.1, 0.15) is 0 Å². The number of nitrogen functional groups attached to an aromatic ring is 1. The Labute approximate surface area is 104 Å². The lowest BCUT2D eigenvalue weighted by molar-refractivity contribution is 0.0920. The van der Waals surface area contributed by atoms with Crippen molar-refractivity contribution in [3.63, 3.8) is 0 Å². The third-order valence-corrected chi connectivity index (χ3v) is 3.30. The van der Waals surface area contributed by atoms with E-state index in [1.165, 1.54) is 0 Å². The van der Waals surface area contributed by atoms with Crippen molar-refractivity contribution in [3.05, 3.63) is 22.7 Å². The molecule has 1 aromatic carbocycles. The Hall–Kier alpha value is -0.190. The van der Waals surface area contributed by atoms with Gasteiger partial charge in [-0.3, -0.25) is 0 Å². The van der Waals surface area contributed by atoms with Crippen LogP contribution in [0.2, 0.25) is 0 Å². The molecule has 0 unspecified atom stereocenters. The molecular formula is C11H16BrNOS. The number of halogens is 1. The number of nitrogens with two attached hydrogens (primary N) is 1. The van der Waals surface area contributed by atoms with Gasteiger partial charge in [-0.15, -0.1) is 11.8 Å². The van der Waals surface area contributed by atoms with Gasteiger partial charge in [0.15, 0.2) is 0 Å². The zero-order valence-electron chi connectivity index (χ0n) is 9.00. The summed E-state index contributed by atoms with van der Waals surface area (Å²) in [6, 6.07) is 5.90. The van der Waals surface area contributed by atoms with Gasteiger partial charge in [0, 0.05) is 20.8 Å². The topological polar surface area (TPSA) is 35.2 Å². The fourth-order valence-corrected chi connectivity index (χ4v) is 2.43. The Morgan fingerprint density at radius 1 is 1.47 bits per heavy atom. The zero-order chi connectivity index (χ0) is 11.3. The molecule has 15 heavy (non-hydrogen) atoms. The second-order valence-corrected chi connectivity index (χ2v) is 5.50. The first kappa shape index (κ1) is 12.9. The van der Waals surface area contributed by atoms with E-state index in [9.17, 15) is 0 Å². The van der Waals surface area contributed by atoms with E-state index in [0.29, 0.717) is 6.10 Å². The molecule has 0 aromatic heterocycles. The van der Waals surface area contributed by atoms with Crippen LogP contribution in [0.4, 0.5) is 5.69 Å². The van der Waals surface area contributed by atoms with Gasteiger partial charge in [0.05, 0.1) is 12.7 Å².